The van der Waals surface area contributed by atoms with Gasteiger partial charge in [0.05, 0.1) is 11.8 Å². The van der Waals surface area contributed by atoms with E-state index in [9.17, 15) is 14.4 Å². The zero-order valence-electron chi connectivity index (χ0n) is 12.9. The zero-order valence-corrected chi connectivity index (χ0v) is 12.9. The lowest BCUT2D eigenvalue weighted by Gasteiger charge is -2.28. The molecule has 0 spiro atoms. The van der Waals surface area contributed by atoms with Gasteiger partial charge in [0, 0.05) is 12.1 Å². The van der Waals surface area contributed by atoms with Gasteiger partial charge in [-0.15, -0.1) is 0 Å². The van der Waals surface area contributed by atoms with E-state index in [0.717, 1.165) is 38.5 Å². The molecule has 1 aliphatic heterocycles. The highest BCUT2D eigenvalue weighted by atomic mass is 16.2. The van der Waals surface area contributed by atoms with Gasteiger partial charge in [0.2, 0.25) is 17.7 Å². The van der Waals surface area contributed by atoms with Crippen molar-refractivity contribution in [3.05, 3.63) is 0 Å². The Bertz CT molecular complexity index is 444. The van der Waals surface area contributed by atoms with E-state index in [1.54, 1.807) is 0 Å². The number of carbonyl (C=O) groups is 3. The average Bonchev–Trinajstić information content (AvgIpc) is 3.24. The van der Waals surface area contributed by atoms with Crippen LogP contribution < -0.4 is 0 Å². The molecule has 3 fully saturated rings. The average molecular weight is 292 g/mol. The molecule has 5 heteroatoms. The molecule has 0 bridgehead atoms. The zero-order chi connectivity index (χ0) is 15.1. The van der Waals surface area contributed by atoms with Gasteiger partial charge in [-0.1, -0.05) is 12.8 Å². The van der Waals surface area contributed by atoms with Crippen LogP contribution in [0.5, 0.6) is 0 Å². The van der Waals surface area contributed by atoms with E-state index < -0.39 is 0 Å². The molecule has 0 radical (unpaired) electrons. The van der Waals surface area contributed by atoms with E-state index in [1.807, 2.05) is 18.7 Å². The van der Waals surface area contributed by atoms with Gasteiger partial charge in [-0.05, 0) is 39.5 Å². The summed E-state index contributed by atoms with van der Waals surface area (Å²) in [6.45, 7) is 3.92. The summed E-state index contributed by atoms with van der Waals surface area (Å²) in [5.41, 5.74) is 0. The lowest BCUT2D eigenvalue weighted by Crippen LogP contribution is -2.46. The van der Waals surface area contributed by atoms with E-state index >= 15 is 0 Å². The van der Waals surface area contributed by atoms with E-state index in [2.05, 4.69) is 0 Å². The van der Waals surface area contributed by atoms with Crippen LogP contribution in [-0.2, 0) is 14.4 Å². The molecule has 1 saturated heterocycles. The predicted molar refractivity (Wildman–Crippen MR) is 77.2 cm³/mol. The number of rotatable bonds is 4. The number of hydrogen-bond donors (Lipinski definition) is 0. The minimum absolute atomic E-state index is 0.0562. The van der Waals surface area contributed by atoms with Crippen molar-refractivity contribution in [1.29, 1.82) is 0 Å². The highest BCUT2D eigenvalue weighted by Gasteiger charge is 2.49. The van der Waals surface area contributed by atoms with E-state index in [-0.39, 0.29) is 42.1 Å². The molecule has 21 heavy (non-hydrogen) atoms. The minimum Gasteiger partial charge on any atom is -0.336 e. The van der Waals surface area contributed by atoms with Crippen molar-refractivity contribution >= 4 is 17.7 Å². The molecule has 0 aromatic carbocycles. The van der Waals surface area contributed by atoms with Crippen molar-refractivity contribution in [2.24, 2.45) is 11.8 Å². The van der Waals surface area contributed by atoms with Crippen molar-refractivity contribution in [2.75, 3.05) is 6.54 Å². The van der Waals surface area contributed by atoms with Crippen LogP contribution >= 0.6 is 0 Å². The van der Waals surface area contributed by atoms with Crippen molar-refractivity contribution in [3.8, 4) is 0 Å². The number of carbonyl (C=O) groups excluding carboxylic acids is 3. The standard InChI is InChI=1S/C16H24N2O3/c1-10(2)18(11-7-8-11)14(19)9-17-15(20)12-5-3-4-6-13(12)16(17)21/h10-13H,3-9H2,1-2H3. The van der Waals surface area contributed by atoms with Gasteiger partial charge in [0.15, 0.2) is 0 Å². The highest BCUT2D eigenvalue weighted by molar-refractivity contribution is 6.07. The van der Waals surface area contributed by atoms with Crippen molar-refractivity contribution in [1.82, 2.24) is 9.80 Å². The summed E-state index contributed by atoms with van der Waals surface area (Å²) >= 11 is 0. The number of fused-ring (bicyclic) bond motifs is 1. The molecular formula is C16H24N2O3. The normalized spacial score (nSPS) is 29.0. The summed E-state index contributed by atoms with van der Waals surface area (Å²) in [5.74, 6) is -0.622. The summed E-state index contributed by atoms with van der Waals surface area (Å²) in [5, 5.41) is 0. The number of hydrogen-bond acceptors (Lipinski definition) is 3. The van der Waals surface area contributed by atoms with Crippen LogP contribution in [-0.4, -0.2) is 46.1 Å². The van der Waals surface area contributed by atoms with Crippen molar-refractivity contribution < 1.29 is 14.4 Å². The summed E-state index contributed by atoms with van der Waals surface area (Å²) in [6, 6.07) is 0.438. The Balaban J connectivity index is 1.70. The molecule has 1 heterocycles. The third kappa shape index (κ3) is 2.58. The molecule has 0 aromatic heterocycles. The van der Waals surface area contributed by atoms with Gasteiger partial charge in [-0.3, -0.25) is 19.3 Å². The molecule has 3 rings (SSSR count). The van der Waals surface area contributed by atoms with Crippen LogP contribution in [0.3, 0.4) is 0 Å². The van der Waals surface area contributed by atoms with Crippen LogP contribution in [0.25, 0.3) is 0 Å². The number of likely N-dealkylation sites (tertiary alicyclic amines) is 1. The monoisotopic (exact) mass is 292 g/mol. The lowest BCUT2D eigenvalue weighted by molar-refractivity contribution is -0.147. The SMILES string of the molecule is CC(C)N(C(=O)CN1C(=O)C2CCCCC2C1=O)C1CC1. The highest BCUT2D eigenvalue weighted by Crippen LogP contribution is 2.38. The first-order valence-electron chi connectivity index (χ1n) is 8.17. The van der Waals surface area contributed by atoms with Crippen LogP contribution in [0.15, 0.2) is 0 Å². The maximum absolute atomic E-state index is 12.5. The predicted octanol–water partition coefficient (Wildman–Crippen LogP) is 1.56. The Morgan fingerprint density at radius 1 is 1.10 bits per heavy atom. The molecule has 2 saturated carbocycles. The molecule has 116 valence electrons. The van der Waals surface area contributed by atoms with Gasteiger partial charge in [-0.2, -0.15) is 0 Å². The lowest BCUT2D eigenvalue weighted by atomic mass is 9.81. The van der Waals surface area contributed by atoms with E-state index in [1.165, 1.54) is 4.90 Å². The molecule has 2 aliphatic carbocycles. The van der Waals surface area contributed by atoms with Gasteiger partial charge in [-0.25, -0.2) is 0 Å². The van der Waals surface area contributed by atoms with E-state index in [4.69, 9.17) is 0 Å². The topological polar surface area (TPSA) is 57.7 Å². The molecular weight excluding hydrogens is 268 g/mol. The fourth-order valence-corrected chi connectivity index (χ4v) is 3.87. The fraction of sp³-hybridized carbons (Fsp3) is 0.812. The Morgan fingerprint density at radius 3 is 2.05 bits per heavy atom. The molecule has 5 nitrogen and oxygen atoms in total. The third-order valence-electron chi connectivity index (χ3n) is 5.01. The molecule has 2 atom stereocenters. The molecule has 3 amide bonds. The van der Waals surface area contributed by atoms with Crippen LogP contribution in [0, 0.1) is 11.8 Å². The number of imide groups is 1. The first-order chi connectivity index (χ1) is 10.0. The molecule has 0 aromatic rings. The molecule has 3 aliphatic rings. The number of nitrogens with zero attached hydrogens (tertiary/aromatic N) is 2. The van der Waals surface area contributed by atoms with Crippen LogP contribution in [0.1, 0.15) is 52.4 Å². The second-order valence-electron chi connectivity index (χ2n) is 6.89. The summed E-state index contributed by atoms with van der Waals surface area (Å²) in [6.07, 6.45) is 5.71. The quantitative estimate of drug-likeness (QED) is 0.739. The number of amides is 3. The molecule has 2 unspecified atom stereocenters. The van der Waals surface area contributed by atoms with Crippen molar-refractivity contribution in [3.63, 3.8) is 0 Å². The van der Waals surface area contributed by atoms with Gasteiger partial charge < -0.3 is 4.90 Å². The summed E-state index contributed by atoms with van der Waals surface area (Å²) in [7, 11) is 0. The largest absolute Gasteiger partial charge is 0.336 e. The van der Waals surface area contributed by atoms with Gasteiger partial charge >= 0.3 is 0 Å². The van der Waals surface area contributed by atoms with Crippen molar-refractivity contribution in [2.45, 2.75) is 64.5 Å². The van der Waals surface area contributed by atoms with E-state index in [0.29, 0.717) is 6.04 Å². The Kier molecular flexibility index (Phi) is 3.76. The van der Waals surface area contributed by atoms with Crippen LogP contribution in [0.2, 0.25) is 0 Å². The Morgan fingerprint density at radius 2 is 1.62 bits per heavy atom. The second-order valence-corrected chi connectivity index (χ2v) is 6.89. The second kappa shape index (κ2) is 5.43. The molecule has 0 N–H and O–H groups in total. The first-order valence-corrected chi connectivity index (χ1v) is 8.17. The van der Waals surface area contributed by atoms with Gasteiger partial charge in [0.1, 0.15) is 6.54 Å². The summed E-state index contributed by atoms with van der Waals surface area (Å²) in [4.78, 5) is 40.4. The maximum Gasteiger partial charge on any atom is 0.243 e. The third-order valence-corrected chi connectivity index (χ3v) is 5.01. The Hall–Kier alpha value is -1.39. The minimum atomic E-state index is -0.160. The first kappa shape index (κ1) is 14.5. The Labute approximate surface area is 125 Å². The fourth-order valence-electron chi connectivity index (χ4n) is 3.87. The smallest absolute Gasteiger partial charge is 0.243 e. The maximum atomic E-state index is 12.5. The van der Waals surface area contributed by atoms with Gasteiger partial charge in [0.25, 0.3) is 0 Å². The summed E-state index contributed by atoms with van der Waals surface area (Å²) < 4.78 is 0. The van der Waals surface area contributed by atoms with Crippen LogP contribution in [0.4, 0.5) is 0 Å².